The number of carbonyl (C=O) groups is 4. The summed E-state index contributed by atoms with van der Waals surface area (Å²) in [5, 5.41) is 15.7. The van der Waals surface area contributed by atoms with Gasteiger partial charge in [-0.15, -0.1) is 0 Å². The highest BCUT2D eigenvalue weighted by Gasteiger charge is 2.30. The molecule has 0 spiro atoms. The van der Waals surface area contributed by atoms with Crippen molar-refractivity contribution >= 4 is 35.2 Å². The van der Waals surface area contributed by atoms with Crippen molar-refractivity contribution in [3.05, 3.63) is 34.9 Å². The Morgan fingerprint density at radius 2 is 1.70 bits per heavy atom. The van der Waals surface area contributed by atoms with Crippen LogP contribution in [0.3, 0.4) is 0 Å². The Morgan fingerprint density at radius 3 is 2.20 bits per heavy atom. The van der Waals surface area contributed by atoms with Gasteiger partial charge in [-0.25, -0.2) is 4.79 Å². The smallest absolute Gasteiger partial charge is 0.348 e. The van der Waals surface area contributed by atoms with Crippen LogP contribution in [0.2, 0.25) is 5.02 Å². The van der Waals surface area contributed by atoms with Crippen LogP contribution in [0.5, 0.6) is 0 Å². The quantitative estimate of drug-likeness (QED) is 0.481. The molecule has 0 radical (unpaired) electrons. The molecule has 0 saturated carbocycles. The summed E-state index contributed by atoms with van der Waals surface area (Å²) in [6.07, 6.45) is -1.52. The summed E-state index contributed by atoms with van der Waals surface area (Å²) in [5.41, 5.74) is 0.307. The predicted molar refractivity (Wildman–Crippen MR) is 107 cm³/mol. The van der Waals surface area contributed by atoms with Crippen molar-refractivity contribution in [3.8, 4) is 0 Å². The Bertz CT molecular complexity index is 756. The number of hydrogen-bond acceptors (Lipinski definition) is 6. The van der Waals surface area contributed by atoms with E-state index in [1.54, 1.807) is 13.8 Å². The average molecular weight is 445 g/mol. The molecule has 3 atom stereocenters. The third-order valence-corrected chi connectivity index (χ3v) is 4.70. The van der Waals surface area contributed by atoms with Gasteiger partial charge < -0.3 is 15.7 Å². The van der Waals surface area contributed by atoms with E-state index in [-0.39, 0.29) is 31.0 Å². The van der Waals surface area contributed by atoms with E-state index in [1.165, 1.54) is 31.2 Å². The van der Waals surface area contributed by atoms with Crippen LogP contribution in [0, 0.1) is 5.92 Å². The molecule has 1 aromatic rings. The number of benzene rings is 1. The van der Waals surface area contributed by atoms with E-state index in [4.69, 9.17) is 11.6 Å². The van der Waals surface area contributed by atoms with Crippen molar-refractivity contribution in [1.29, 1.82) is 0 Å². The highest BCUT2D eigenvalue weighted by Crippen LogP contribution is 2.17. The molecule has 0 aliphatic rings. The maximum Gasteiger partial charge on any atom is 0.348 e. The van der Waals surface area contributed by atoms with Gasteiger partial charge in [0.1, 0.15) is 6.04 Å². The number of nitrogens with one attached hydrogen (secondary N) is 2. The highest BCUT2D eigenvalue weighted by molar-refractivity contribution is 6.30. The third kappa shape index (κ3) is 8.08. The molecule has 30 heavy (non-hydrogen) atoms. The fourth-order valence-corrected chi connectivity index (χ4v) is 2.82. The van der Waals surface area contributed by atoms with E-state index in [0.717, 1.165) is 0 Å². The van der Waals surface area contributed by atoms with Crippen LogP contribution < -0.4 is 10.6 Å². The first kappa shape index (κ1) is 25.5. The number of Topliss-reactive ketones (excluding diaryl/α,β-unsaturated/α-hetero) is 1. The molecular formula is C20H26ClFN2O6. The Labute approximate surface area is 179 Å². The minimum absolute atomic E-state index is 0.0995. The van der Waals surface area contributed by atoms with E-state index >= 15 is 0 Å². The molecule has 10 heteroatoms. The lowest BCUT2D eigenvalue weighted by atomic mass is 10.00. The predicted octanol–water partition coefficient (Wildman–Crippen LogP) is 2.19. The van der Waals surface area contributed by atoms with Crippen LogP contribution >= 0.6 is 11.6 Å². The van der Waals surface area contributed by atoms with Crippen LogP contribution in [0.4, 0.5) is 4.53 Å². The number of hydrogen-bond donors (Lipinski definition) is 3. The zero-order valence-electron chi connectivity index (χ0n) is 17.0. The van der Waals surface area contributed by atoms with Crippen LogP contribution in [0.1, 0.15) is 51.7 Å². The van der Waals surface area contributed by atoms with Gasteiger partial charge in [0.15, 0.2) is 11.9 Å². The molecule has 8 nitrogen and oxygen atoms in total. The third-order valence-electron chi connectivity index (χ3n) is 4.45. The summed E-state index contributed by atoms with van der Waals surface area (Å²) in [6, 6.07) is 4.10. The number of rotatable bonds is 11. The summed E-state index contributed by atoms with van der Waals surface area (Å²) in [4.78, 5) is 50.8. The first-order valence-corrected chi connectivity index (χ1v) is 9.80. The maximum absolute atomic E-state index is 12.7. The minimum Gasteiger partial charge on any atom is -0.378 e. The van der Waals surface area contributed by atoms with Crippen LogP contribution in [-0.2, 0) is 24.1 Å². The number of halogens is 2. The zero-order chi connectivity index (χ0) is 22.8. The molecule has 0 aromatic heterocycles. The van der Waals surface area contributed by atoms with Gasteiger partial charge in [-0.3, -0.25) is 19.3 Å². The van der Waals surface area contributed by atoms with Crippen LogP contribution in [0.15, 0.2) is 24.3 Å². The molecule has 0 fully saturated rings. The second-order valence-corrected chi connectivity index (χ2v) is 7.63. The zero-order valence-corrected chi connectivity index (χ0v) is 17.7. The molecule has 0 aliphatic carbocycles. The summed E-state index contributed by atoms with van der Waals surface area (Å²) < 4.78 is 11.8. The summed E-state index contributed by atoms with van der Waals surface area (Å²) in [7, 11) is 0. The molecule has 0 heterocycles. The molecule has 166 valence electrons. The van der Waals surface area contributed by atoms with Crippen molar-refractivity contribution < 1.29 is 33.8 Å². The number of aliphatic hydroxyl groups is 1. The molecule has 2 amide bonds. The average Bonchev–Trinajstić information content (AvgIpc) is 2.70. The van der Waals surface area contributed by atoms with Crippen LogP contribution in [-0.4, -0.2) is 40.8 Å². The molecule has 0 saturated heterocycles. The van der Waals surface area contributed by atoms with Gasteiger partial charge in [0.2, 0.25) is 5.91 Å². The molecule has 1 unspecified atom stereocenters. The molecule has 1 aromatic carbocycles. The Balaban J connectivity index is 2.77. The number of amides is 2. The van der Waals surface area contributed by atoms with Crippen molar-refractivity contribution in [2.45, 2.75) is 58.2 Å². The van der Waals surface area contributed by atoms with E-state index in [0.29, 0.717) is 10.6 Å². The van der Waals surface area contributed by atoms with Crippen LogP contribution in [0.25, 0.3) is 0 Å². The minimum atomic E-state index is -1.51. The topological polar surface area (TPSA) is 122 Å². The molecular weight excluding hydrogens is 419 g/mol. The molecule has 3 N–H and O–H groups in total. The summed E-state index contributed by atoms with van der Waals surface area (Å²) >= 11 is 5.79. The highest BCUT2D eigenvalue weighted by atomic mass is 35.5. The maximum atomic E-state index is 12.7. The van der Waals surface area contributed by atoms with Crippen molar-refractivity contribution in [1.82, 2.24) is 10.6 Å². The Morgan fingerprint density at radius 1 is 1.10 bits per heavy atom. The van der Waals surface area contributed by atoms with Gasteiger partial charge in [-0.05, 0) is 43.4 Å². The van der Waals surface area contributed by atoms with E-state index < -0.39 is 36.0 Å². The monoisotopic (exact) mass is 444 g/mol. The standard InChI is InChI=1S/C20H26ClFN2O6/c1-11(2)17(24-20(29)18(27)13-7-9-14(21)10-8-13)19(28)23-15(12(3)25)5-4-6-16(26)30-22/h7-11,15,17-18,27H,4-6H2,1-3H3,(H,23,28)(H,24,29)/t15-,17+,18?/m1/s1. The fourth-order valence-electron chi connectivity index (χ4n) is 2.69. The summed E-state index contributed by atoms with van der Waals surface area (Å²) in [5.74, 6) is -3.16. The Hall–Kier alpha value is -2.52. The van der Waals surface area contributed by atoms with Crippen molar-refractivity contribution in [2.24, 2.45) is 5.92 Å². The second kappa shape index (κ2) is 12.2. The first-order valence-electron chi connectivity index (χ1n) is 9.43. The van der Waals surface area contributed by atoms with Gasteiger partial charge in [0.05, 0.1) is 6.04 Å². The SMILES string of the molecule is CC(=O)[C@@H](CCCC(=O)OF)NC(=O)[C@@H](NC(=O)C(O)c1ccc(Cl)cc1)C(C)C. The normalized spacial score (nSPS) is 13.8. The summed E-state index contributed by atoms with van der Waals surface area (Å²) in [6.45, 7) is 4.66. The van der Waals surface area contributed by atoms with Crippen molar-refractivity contribution in [2.75, 3.05) is 0 Å². The Kier molecular flexibility index (Phi) is 10.4. The van der Waals surface area contributed by atoms with Gasteiger partial charge in [-0.2, -0.15) is 0 Å². The number of ketones is 1. The van der Waals surface area contributed by atoms with Gasteiger partial charge in [0.25, 0.3) is 5.91 Å². The lowest BCUT2D eigenvalue weighted by Crippen LogP contribution is -2.54. The fraction of sp³-hybridized carbons (Fsp3) is 0.500. The molecule has 0 bridgehead atoms. The second-order valence-electron chi connectivity index (χ2n) is 7.20. The van der Waals surface area contributed by atoms with E-state index in [9.17, 15) is 28.8 Å². The lowest BCUT2D eigenvalue weighted by molar-refractivity contribution is -0.183. The van der Waals surface area contributed by atoms with Gasteiger partial charge >= 0.3 is 5.97 Å². The number of aliphatic hydroxyl groups excluding tert-OH is 1. The van der Waals surface area contributed by atoms with Crippen molar-refractivity contribution in [3.63, 3.8) is 0 Å². The number of carbonyl (C=O) groups excluding carboxylic acids is 4. The lowest BCUT2D eigenvalue weighted by Gasteiger charge is -2.25. The first-order chi connectivity index (χ1) is 14.1. The molecule has 0 aliphatic heterocycles. The largest absolute Gasteiger partial charge is 0.378 e. The molecule has 1 rings (SSSR count). The van der Waals surface area contributed by atoms with E-state index in [1.807, 2.05) is 0 Å². The van der Waals surface area contributed by atoms with Gasteiger partial charge in [0, 0.05) is 16.0 Å². The van der Waals surface area contributed by atoms with Gasteiger partial charge in [-0.1, -0.05) is 37.6 Å². The van der Waals surface area contributed by atoms with E-state index in [2.05, 4.69) is 15.6 Å².